The number of rotatable bonds is 6. The normalized spacial score (nSPS) is 12.8. The quantitative estimate of drug-likeness (QED) is 0.523. The smallest absolute Gasteiger partial charge is 0.373 e. The second-order valence-electron chi connectivity index (χ2n) is 2.39. The summed E-state index contributed by atoms with van der Waals surface area (Å²) in [6.07, 6.45) is 1.88. The molecule has 0 heterocycles. The molecule has 0 aliphatic rings. The third kappa shape index (κ3) is 3.73. The summed E-state index contributed by atoms with van der Waals surface area (Å²) in [5, 5.41) is 0. The molecule has 4 nitrogen and oxygen atoms in total. The van der Waals surface area contributed by atoms with Crippen molar-refractivity contribution in [3.63, 3.8) is 0 Å². The number of hydroxylamine groups is 1. The van der Waals surface area contributed by atoms with Gasteiger partial charge in [-0.05, 0) is 19.5 Å². The highest BCUT2D eigenvalue weighted by Crippen LogP contribution is 2.06. The van der Waals surface area contributed by atoms with Crippen molar-refractivity contribution in [3.05, 3.63) is 24.1 Å². The first-order chi connectivity index (χ1) is 6.14. The molecule has 0 atom stereocenters. The van der Waals surface area contributed by atoms with Gasteiger partial charge in [-0.1, -0.05) is 12.7 Å². The van der Waals surface area contributed by atoms with Crippen LogP contribution in [0.2, 0.25) is 0 Å². The number of nitrogens with one attached hydrogen (secondary N) is 1. The van der Waals surface area contributed by atoms with Gasteiger partial charge in [-0.3, -0.25) is 10.0 Å². The Morgan fingerprint density at radius 1 is 1.38 bits per heavy atom. The molecule has 0 bridgehead atoms. The molecule has 0 aromatic heterocycles. The molecular weight excluding hydrogens is 186 g/mol. The van der Waals surface area contributed by atoms with E-state index in [4.69, 9.17) is 13.4 Å². The summed E-state index contributed by atoms with van der Waals surface area (Å²) in [7, 11) is 0.379. The Morgan fingerprint density at radius 2 is 1.92 bits per heavy atom. The molecule has 0 fully saturated rings. The molecule has 5 heteroatoms. The van der Waals surface area contributed by atoms with Crippen LogP contribution in [0.3, 0.4) is 0 Å². The van der Waals surface area contributed by atoms with Crippen molar-refractivity contribution >= 4 is 8.80 Å². The van der Waals surface area contributed by atoms with Gasteiger partial charge in [0.15, 0.2) is 0 Å². The summed E-state index contributed by atoms with van der Waals surface area (Å²) < 4.78 is 15.5. The van der Waals surface area contributed by atoms with Crippen LogP contribution in [-0.4, -0.2) is 23.0 Å². The van der Waals surface area contributed by atoms with E-state index in [0.717, 1.165) is 5.70 Å². The van der Waals surface area contributed by atoms with Crippen molar-refractivity contribution in [2.75, 3.05) is 14.2 Å². The highest BCUT2D eigenvalue weighted by Gasteiger charge is 2.36. The lowest BCUT2D eigenvalue weighted by Crippen LogP contribution is -2.45. The Bertz CT molecular complexity index is 190. The Kier molecular flexibility index (Phi) is 5.64. The standard InChI is InChI=1S/C8H17NO3Si/c1-6-8(3)9-12-13(7-2,10-4)11-5/h6-7,9H,2H2,1,3-5H3. The summed E-state index contributed by atoms with van der Waals surface area (Å²) in [6.45, 7) is 7.39. The zero-order valence-corrected chi connectivity index (χ0v) is 9.59. The topological polar surface area (TPSA) is 39.7 Å². The minimum absolute atomic E-state index is 0.896. The summed E-state index contributed by atoms with van der Waals surface area (Å²) in [4.78, 5) is 0. The molecule has 0 unspecified atom stereocenters. The van der Waals surface area contributed by atoms with Gasteiger partial charge in [-0.2, -0.15) is 0 Å². The molecule has 0 aliphatic carbocycles. The zero-order valence-electron chi connectivity index (χ0n) is 8.59. The number of allylic oxidation sites excluding steroid dienone is 2. The Morgan fingerprint density at radius 3 is 2.23 bits per heavy atom. The Labute approximate surface area is 80.5 Å². The Hall–Kier alpha value is -0.623. The van der Waals surface area contributed by atoms with Gasteiger partial charge in [0.25, 0.3) is 0 Å². The van der Waals surface area contributed by atoms with Crippen molar-refractivity contribution in [1.29, 1.82) is 0 Å². The van der Waals surface area contributed by atoms with Gasteiger partial charge in [0.05, 0.1) is 0 Å². The molecule has 0 aromatic rings. The maximum atomic E-state index is 5.29. The van der Waals surface area contributed by atoms with Gasteiger partial charge < -0.3 is 8.85 Å². The predicted molar refractivity (Wildman–Crippen MR) is 53.6 cm³/mol. The van der Waals surface area contributed by atoms with Gasteiger partial charge in [-0.15, -0.1) is 0 Å². The third-order valence-corrected chi connectivity index (χ3v) is 3.63. The second-order valence-corrected chi connectivity index (χ2v) is 5.03. The molecule has 0 saturated heterocycles. The van der Waals surface area contributed by atoms with Crippen molar-refractivity contribution in [1.82, 2.24) is 5.48 Å². The minimum atomic E-state index is -2.68. The molecular formula is C8H17NO3Si. The fourth-order valence-corrected chi connectivity index (χ4v) is 1.64. The van der Waals surface area contributed by atoms with E-state index >= 15 is 0 Å². The van der Waals surface area contributed by atoms with Crippen molar-refractivity contribution in [2.45, 2.75) is 13.8 Å². The SMILES string of the molecule is C=C[Si](OC)(OC)ONC(C)=CC. The average molecular weight is 203 g/mol. The summed E-state index contributed by atoms with van der Waals surface area (Å²) in [5.41, 5.74) is 5.18. The maximum absolute atomic E-state index is 5.29. The number of hydrogen-bond donors (Lipinski definition) is 1. The summed E-state index contributed by atoms with van der Waals surface area (Å²) in [5.74, 6) is 0. The van der Waals surface area contributed by atoms with E-state index < -0.39 is 8.80 Å². The van der Waals surface area contributed by atoms with Crippen LogP contribution >= 0.6 is 0 Å². The van der Waals surface area contributed by atoms with Crippen LogP contribution in [0.1, 0.15) is 13.8 Å². The molecule has 0 aromatic carbocycles. The van der Waals surface area contributed by atoms with Crippen LogP contribution in [0.4, 0.5) is 0 Å². The van der Waals surface area contributed by atoms with Crippen molar-refractivity contribution < 1.29 is 13.4 Å². The van der Waals surface area contributed by atoms with Gasteiger partial charge in [-0.25, -0.2) is 0 Å². The largest absolute Gasteiger partial charge is 0.550 e. The lowest BCUT2D eigenvalue weighted by molar-refractivity contribution is 0.0725. The molecule has 0 rings (SSSR count). The predicted octanol–water partition coefficient (Wildman–Crippen LogP) is 1.39. The van der Waals surface area contributed by atoms with Gasteiger partial charge in [0.2, 0.25) is 0 Å². The van der Waals surface area contributed by atoms with E-state index in [1.165, 1.54) is 14.2 Å². The van der Waals surface area contributed by atoms with E-state index in [1.54, 1.807) is 5.70 Å². The fraction of sp³-hybridized carbons (Fsp3) is 0.500. The highest BCUT2D eigenvalue weighted by molar-refractivity contribution is 6.65. The van der Waals surface area contributed by atoms with E-state index in [1.807, 2.05) is 19.9 Å². The third-order valence-electron chi connectivity index (χ3n) is 1.61. The molecule has 0 radical (unpaired) electrons. The molecule has 0 saturated carbocycles. The maximum Gasteiger partial charge on any atom is 0.550 e. The first-order valence-electron chi connectivity index (χ1n) is 3.95. The Balaban J connectivity index is 4.18. The molecule has 0 amide bonds. The lowest BCUT2D eigenvalue weighted by Gasteiger charge is -2.22. The zero-order chi connectivity index (χ0) is 10.3. The number of hydrogen-bond acceptors (Lipinski definition) is 4. The first-order valence-corrected chi connectivity index (χ1v) is 5.75. The summed E-state index contributed by atoms with van der Waals surface area (Å²) >= 11 is 0. The first kappa shape index (κ1) is 12.4. The van der Waals surface area contributed by atoms with Crippen LogP contribution in [0.15, 0.2) is 24.1 Å². The van der Waals surface area contributed by atoms with Crippen LogP contribution in [0.25, 0.3) is 0 Å². The molecule has 0 spiro atoms. The van der Waals surface area contributed by atoms with E-state index in [0.29, 0.717) is 0 Å². The summed E-state index contributed by atoms with van der Waals surface area (Å²) in [6, 6.07) is 0. The van der Waals surface area contributed by atoms with Gasteiger partial charge in [0, 0.05) is 19.9 Å². The molecule has 13 heavy (non-hydrogen) atoms. The van der Waals surface area contributed by atoms with E-state index in [2.05, 4.69) is 12.1 Å². The van der Waals surface area contributed by atoms with Crippen molar-refractivity contribution in [3.8, 4) is 0 Å². The van der Waals surface area contributed by atoms with Gasteiger partial charge >= 0.3 is 8.80 Å². The van der Waals surface area contributed by atoms with E-state index in [-0.39, 0.29) is 0 Å². The van der Waals surface area contributed by atoms with Crippen LogP contribution < -0.4 is 5.48 Å². The van der Waals surface area contributed by atoms with E-state index in [9.17, 15) is 0 Å². The second kappa shape index (κ2) is 5.93. The fourth-order valence-electron chi connectivity index (χ4n) is 0.586. The molecule has 1 N–H and O–H groups in total. The van der Waals surface area contributed by atoms with Crippen LogP contribution in [0.5, 0.6) is 0 Å². The minimum Gasteiger partial charge on any atom is -0.373 e. The van der Waals surface area contributed by atoms with Crippen LogP contribution in [0, 0.1) is 0 Å². The average Bonchev–Trinajstić information content (AvgIpc) is 2.20. The lowest BCUT2D eigenvalue weighted by atomic mass is 10.5. The highest BCUT2D eigenvalue weighted by atomic mass is 28.4. The van der Waals surface area contributed by atoms with Crippen molar-refractivity contribution in [2.24, 2.45) is 0 Å². The molecule has 0 aliphatic heterocycles. The van der Waals surface area contributed by atoms with Gasteiger partial charge in [0.1, 0.15) is 0 Å². The van der Waals surface area contributed by atoms with Crippen LogP contribution in [-0.2, 0) is 13.4 Å². The molecule has 76 valence electrons. The monoisotopic (exact) mass is 203 g/mol.